The average molecular weight is 426 g/mol. The highest BCUT2D eigenvalue weighted by molar-refractivity contribution is 6.30. The van der Waals surface area contributed by atoms with Crippen LogP contribution in [0.2, 0.25) is 5.02 Å². The predicted octanol–water partition coefficient (Wildman–Crippen LogP) is 5.02. The summed E-state index contributed by atoms with van der Waals surface area (Å²) in [5.41, 5.74) is 1.12. The summed E-state index contributed by atoms with van der Waals surface area (Å²) >= 11 is 5.95. The Morgan fingerprint density at radius 2 is 2.03 bits per heavy atom. The van der Waals surface area contributed by atoms with Gasteiger partial charge in [-0.2, -0.15) is 0 Å². The fourth-order valence-electron chi connectivity index (χ4n) is 4.45. The molecule has 3 aliphatic rings. The largest absolute Gasteiger partial charge is 0.492 e. The van der Waals surface area contributed by atoms with Crippen molar-refractivity contribution in [2.75, 3.05) is 25.0 Å². The number of para-hydroxylation sites is 1. The Morgan fingerprint density at radius 3 is 2.77 bits per heavy atom. The first-order chi connectivity index (χ1) is 14.6. The molecular formula is C24H28ClN3O2. The van der Waals surface area contributed by atoms with Gasteiger partial charge in [-0.15, -0.1) is 0 Å². The second-order valence-electron chi connectivity index (χ2n) is 9.10. The van der Waals surface area contributed by atoms with Crippen molar-refractivity contribution >= 4 is 23.3 Å². The second-order valence-corrected chi connectivity index (χ2v) is 9.54. The average Bonchev–Trinajstić information content (AvgIpc) is 3.70. The molecule has 5 nitrogen and oxygen atoms in total. The van der Waals surface area contributed by atoms with Crippen molar-refractivity contribution in [3.8, 4) is 5.75 Å². The Balaban J connectivity index is 1.31. The van der Waals surface area contributed by atoms with Crippen molar-refractivity contribution in [2.45, 2.75) is 44.6 Å². The molecule has 3 fully saturated rings. The summed E-state index contributed by atoms with van der Waals surface area (Å²) < 4.78 is 6.02. The fourth-order valence-corrected chi connectivity index (χ4v) is 4.56. The van der Waals surface area contributed by atoms with Crippen molar-refractivity contribution in [1.82, 2.24) is 9.88 Å². The van der Waals surface area contributed by atoms with E-state index in [1.807, 2.05) is 41.3 Å². The lowest BCUT2D eigenvalue weighted by Crippen LogP contribution is -2.50. The van der Waals surface area contributed by atoms with Crippen LogP contribution in [0.3, 0.4) is 0 Å². The Morgan fingerprint density at radius 1 is 1.20 bits per heavy atom. The van der Waals surface area contributed by atoms with Crippen molar-refractivity contribution in [3.05, 3.63) is 53.2 Å². The van der Waals surface area contributed by atoms with Gasteiger partial charge in [-0.1, -0.05) is 23.7 Å². The maximum atomic E-state index is 13.6. The second kappa shape index (κ2) is 8.10. The number of carbonyl (C=O) groups excluding carboxylic acids is 1. The number of carbonyl (C=O) groups is 1. The van der Waals surface area contributed by atoms with Gasteiger partial charge in [0.05, 0.1) is 17.2 Å². The predicted molar refractivity (Wildman–Crippen MR) is 118 cm³/mol. The summed E-state index contributed by atoms with van der Waals surface area (Å²) in [5, 5.41) is 4.03. The zero-order valence-electron chi connectivity index (χ0n) is 17.1. The Bertz CT molecular complexity index is 909. The number of benzene rings is 1. The van der Waals surface area contributed by atoms with Gasteiger partial charge < -0.3 is 15.0 Å². The topological polar surface area (TPSA) is 54.5 Å². The summed E-state index contributed by atoms with van der Waals surface area (Å²) in [4.78, 5) is 19.9. The Hall–Kier alpha value is -2.27. The fraction of sp³-hybridized carbons (Fsp3) is 0.500. The van der Waals surface area contributed by atoms with E-state index in [2.05, 4.69) is 10.3 Å². The van der Waals surface area contributed by atoms with Crippen LogP contribution >= 0.6 is 11.6 Å². The standard InChI is InChI=1S/C24H28ClN3O2/c25-18-7-8-22(26-14-18)27-15-19-13-24(9-10-24)11-12-28(19)23(29)20-3-1-2-4-21(20)30-16-17-5-6-17/h1-4,7-8,14,17,19H,5-6,9-13,15-16H2,(H,26,27). The molecule has 1 aliphatic heterocycles. The van der Waals surface area contributed by atoms with Crippen LogP contribution in [0.15, 0.2) is 42.6 Å². The highest BCUT2D eigenvalue weighted by atomic mass is 35.5. The number of amides is 1. The molecule has 2 heterocycles. The van der Waals surface area contributed by atoms with E-state index in [1.165, 1.54) is 25.7 Å². The molecule has 158 valence electrons. The zero-order chi connectivity index (χ0) is 20.6. The molecule has 6 heteroatoms. The maximum Gasteiger partial charge on any atom is 0.257 e. The van der Waals surface area contributed by atoms with E-state index in [1.54, 1.807) is 6.20 Å². The lowest BCUT2D eigenvalue weighted by Gasteiger charge is -2.40. The molecule has 30 heavy (non-hydrogen) atoms. The van der Waals surface area contributed by atoms with Crippen LogP contribution in [0.25, 0.3) is 0 Å². The van der Waals surface area contributed by atoms with Gasteiger partial charge in [-0.3, -0.25) is 4.79 Å². The monoisotopic (exact) mass is 425 g/mol. The van der Waals surface area contributed by atoms with Gasteiger partial charge in [0.2, 0.25) is 0 Å². The van der Waals surface area contributed by atoms with Crippen molar-refractivity contribution in [3.63, 3.8) is 0 Å². The minimum Gasteiger partial charge on any atom is -0.492 e. The number of nitrogens with zero attached hydrogens (tertiary/aromatic N) is 2. The molecule has 1 spiro atoms. The number of piperidine rings is 1. The first-order valence-corrected chi connectivity index (χ1v) is 11.4. The van der Waals surface area contributed by atoms with Gasteiger partial charge in [0, 0.05) is 25.3 Å². The van der Waals surface area contributed by atoms with Crippen LogP contribution < -0.4 is 10.1 Å². The summed E-state index contributed by atoms with van der Waals surface area (Å²) in [7, 11) is 0. The normalized spacial score (nSPS) is 22.0. The maximum absolute atomic E-state index is 13.6. The van der Waals surface area contributed by atoms with Crippen molar-refractivity contribution in [2.24, 2.45) is 11.3 Å². The van der Waals surface area contributed by atoms with Crippen molar-refractivity contribution in [1.29, 1.82) is 0 Å². The third kappa shape index (κ3) is 4.41. The SMILES string of the molecule is O=C(c1ccccc1OCC1CC1)N1CCC2(CC2)CC1CNc1ccc(Cl)cn1. The smallest absolute Gasteiger partial charge is 0.257 e. The molecule has 2 aliphatic carbocycles. The van der Waals surface area contributed by atoms with E-state index in [0.717, 1.165) is 25.2 Å². The summed E-state index contributed by atoms with van der Waals surface area (Å²) in [6.07, 6.45) is 8.82. The van der Waals surface area contributed by atoms with E-state index in [0.29, 0.717) is 40.8 Å². The summed E-state index contributed by atoms with van der Waals surface area (Å²) in [6, 6.07) is 11.5. The number of anilines is 1. The molecule has 1 N–H and O–H groups in total. The third-order valence-electron chi connectivity index (χ3n) is 6.75. The number of ether oxygens (including phenoxy) is 1. The molecule has 0 radical (unpaired) electrons. The first-order valence-electron chi connectivity index (χ1n) is 11.0. The molecule has 1 aromatic heterocycles. The van der Waals surface area contributed by atoms with Gasteiger partial charge in [-0.25, -0.2) is 4.98 Å². The van der Waals surface area contributed by atoms with E-state index >= 15 is 0 Å². The van der Waals surface area contributed by atoms with Crippen LogP contribution in [0, 0.1) is 11.3 Å². The Labute approximate surface area is 182 Å². The van der Waals surface area contributed by atoms with Crippen LogP contribution in [0.5, 0.6) is 5.75 Å². The number of rotatable bonds is 7. The number of hydrogen-bond acceptors (Lipinski definition) is 4. The first kappa shape index (κ1) is 19.7. The minimum absolute atomic E-state index is 0.0766. The number of halogens is 1. The molecule has 5 rings (SSSR count). The number of aromatic nitrogens is 1. The summed E-state index contributed by atoms with van der Waals surface area (Å²) in [6.45, 7) is 2.20. The molecular weight excluding hydrogens is 398 g/mol. The van der Waals surface area contributed by atoms with Gasteiger partial charge in [-0.05, 0) is 74.1 Å². The Kier molecular flexibility index (Phi) is 5.32. The highest BCUT2D eigenvalue weighted by Crippen LogP contribution is 2.55. The molecule has 1 saturated heterocycles. The molecule has 1 amide bonds. The lowest BCUT2D eigenvalue weighted by atomic mass is 9.87. The number of likely N-dealkylation sites (tertiary alicyclic amines) is 1. The minimum atomic E-state index is 0.0766. The molecule has 1 unspecified atom stereocenters. The van der Waals surface area contributed by atoms with Gasteiger partial charge in [0.25, 0.3) is 5.91 Å². The van der Waals surface area contributed by atoms with E-state index in [4.69, 9.17) is 16.3 Å². The third-order valence-corrected chi connectivity index (χ3v) is 6.97. The van der Waals surface area contributed by atoms with E-state index < -0.39 is 0 Å². The van der Waals surface area contributed by atoms with Crippen LogP contribution in [-0.4, -0.2) is 41.5 Å². The van der Waals surface area contributed by atoms with E-state index in [-0.39, 0.29) is 11.9 Å². The molecule has 2 aromatic rings. The van der Waals surface area contributed by atoms with Crippen molar-refractivity contribution < 1.29 is 9.53 Å². The van der Waals surface area contributed by atoms with Crippen LogP contribution in [0.1, 0.15) is 48.9 Å². The number of pyridine rings is 1. The van der Waals surface area contributed by atoms with E-state index in [9.17, 15) is 4.79 Å². The number of hydrogen-bond donors (Lipinski definition) is 1. The number of nitrogens with one attached hydrogen (secondary N) is 1. The van der Waals surface area contributed by atoms with Gasteiger partial charge in [0.15, 0.2) is 0 Å². The van der Waals surface area contributed by atoms with Gasteiger partial charge in [0.1, 0.15) is 11.6 Å². The quantitative estimate of drug-likeness (QED) is 0.676. The van der Waals surface area contributed by atoms with Crippen LogP contribution in [0.4, 0.5) is 5.82 Å². The summed E-state index contributed by atoms with van der Waals surface area (Å²) in [5.74, 6) is 2.23. The molecule has 1 atom stereocenters. The lowest BCUT2D eigenvalue weighted by molar-refractivity contribution is 0.0541. The molecule has 2 saturated carbocycles. The van der Waals surface area contributed by atoms with Crippen LogP contribution in [-0.2, 0) is 0 Å². The molecule has 0 bridgehead atoms. The highest BCUT2D eigenvalue weighted by Gasteiger charge is 2.49. The van der Waals surface area contributed by atoms with Gasteiger partial charge >= 0.3 is 0 Å². The molecule has 1 aromatic carbocycles. The zero-order valence-corrected chi connectivity index (χ0v) is 17.9.